The fraction of sp³-hybridized carbons (Fsp3) is 0.758. The van der Waals surface area contributed by atoms with E-state index in [2.05, 4.69) is 42.1 Å². The molecule has 5 nitrogen and oxygen atoms in total. The molecule has 238 valence electrons. The summed E-state index contributed by atoms with van der Waals surface area (Å²) >= 11 is 4.13. The molecular weight excluding hydrogens is 605 g/mol. The van der Waals surface area contributed by atoms with Crippen molar-refractivity contribution in [1.82, 2.24) is 0 Å². The van der Waals surface area contributed by atoms with E-state index in [4.69, 9.17) is 14.2 Å². The standard InChI is InChI=1S/C33H52O5S4/c1-32(2,20-22-36-29(34)16-10-9-15-28-19-25-40-42-28)37-23-21-33(3,4)38-30(35)17-11-8-14-27-18-24-39-31(41-27)26-12-6-5-7-13-26/h5-7,12-13,27-28,31H,8-11,14-25H2,1-4H3. The summed E-state index contributed by atoms with van der Waals surface area (Å²) in [7, 11) is 3.96. The first-order valence-electron chi connectivity index (χ1n) is 15.7. The van der Waals surface area contributed by atoms with Gasteiger partial charge in [0.2, 0.25) is 0 Å². The molecule has 0 aliphatic carbocycles. The number of carbonyl (C=O) groups is 2. The summed E-state index contributed by atoms with van der Waals surface area (Å²) in [5.74, 6) is 2.23. The average molecular weight is 657 g/mol. The maximum Gasteiger partial charge on any atom is 0.306 e. The van der Waals surface area contributed by atoms with Gasteiger partial charge < -0.3 is 14.2 Å². The van der Waals surface area contributed by atoms with Gasteiger partial charge in [-0.25, -0.2) is 0 Å². The summed E-state index contributed by atoms with van der Waals surface area (Å²) in [5, 5.41) is 1.43. The molecule has 0 N–H and O–H groups in total. The van der Waals surface area contributed by atoms with Crippen molar-refractivity contribution in [3.05, 3.63) is 35.9 Å². The van der Waals surface area contributed by atoms with E-state index >= 15 is 0 Å². The molecule has 3 atom stereocenters. The van der Waals surface area contributed by atoms with Crippen LogP contribution in [0.25, 0.3) is 0 Å². The van der Waals surface area contributed by atoms with E-state index in [1.54, 1.807) is 0 Å². The molecule has 0 amide bonds. The van der Waals surface area contributed by atoms with E-state index in [1.807, 2.05) is 61.0 Å². The highest BCUT2D eigenvalue weighted by atomic mass is 33.1. The zero-order valence-electron chi connectivity index (χ0n) is 26.1. The normalized spacial score (nSPS) is 21.3. The second-order valence-corrected chi connectivity index (χ2v) is 18.3. The van der Waals surface area contributed by atoms with Crippen LogP contribution < -0.4 is 0 Å². The number of unbranched alkanes of at least 4 members (excludes halogenated alkanes) is 2. The first kappa shape index (κ1) is 36.0. The number of esters is 2. The first-order chi connectivity index (χ1) is 20.1. The van der Waals surface area contributed by atoms with Crippen LogP contribution in [0.3, 0.4) is 0 Å². The van der Waals surface area contributed by atoms with E-state index in [-0.39, 0.29) is 11.9 Å². The fourth-order valence-electron chi connectivity index (χ4n) is 4.97. The Hall–Kier alpha value is -0.480. The molecule has 2 saturated heterocycles. The quantitative estimate of drug-likeness (QED) is 0.0823. The van der Waals surface area contributed by atoms with Gasteiger partial charge in [-0.05, 0) is 77.5 Å². The molecular formula is C33H52O5S4. The second-order valence-electron chi connectivity index (χ2n) is 12.5. The Balaban J connectivity index is 1.20. The summed E-state index contributed by atoms with van der Waals surface area (Å²) < 4.78 is 17.9. The van der Waals surface area contributed by atoms with Crippen molar-refractivity contribution in [2.45, 2.75) is 131 Å². The molecule has 3 rings (SSSR count). The Morgan fingerprint density at radius 2 is 1.48 bits per heavy atom. The van der Waals surface area contributed by atoms with Gasteiger partial charge in [0.25, 0.3) is 0 Å². The third-order valence-corrected chi connectivity index (χ3v) is 13.9. The summed E-state index contributed by atoms with van der Waals surface area (Å²) in [4.78, 5) is 24.6. The van der Waals surface area contributed by atoms with Crippen LogP contribution in [-0.4, -0.2) is 58.4 Å². The molecule has 1 aromatic carbocycles. The van der Waals surface area contributed by atoms with Crippen LogP contribution in [-0.2, 0) is 23.8 Å². The van der Waals surface area contributed by atoms with Crippen molar-refractivity contribution < 1.29 is 23.8 Å². The van der Waals surface area contributed by atoms with Crippen LogP contribution in [0.2, 0.25) is 0 Å². The molecule has 1 aromatic rings. The van der Waals surface area contributed by atoms with E-state index in [1.165, 1.54) is 36.3 Å². The molecule has 42 heavy (non-hydrogen) atoms. The summed E-state index contributed by atoms with van der Waals surface area (Å²) in [6.45, 7) is 8.79. The van der Waals surface area contributed by atoms with Gasteiger partial charge in [0, 0.05) is 41.9 Å². The molecule has 0 aromatic heterocycles. The SMILES string of the molecule is CC(C)(CCOC(=O)CCCCC1CCSS1)OCCC(C)(C)OC(=O)CCCCC1CCSC(c2ccccc2)S1. The van der Waals surface area contributed by atoms with Crippen molar-refractivity contribution >= 4 is 57.1 Å². The van der Waals surface area contributed by atoms with Gasteiger partial charge in [-0.1, -0.05) is 64.8 Å². The van der Waals surface area contributed by atoms with Gasteiger partial charge in [0.15, 0.2) is 0 Å². The van der Waals surface area contributed by atoms with Crippen molar-refractivity contribution in [1.29, 1.82) is 0 Å². The third kappa shape index (κ3) is 15.0. The molecule has 2 fully saturated rings. The Labute approximate surface area is 271 Å². The molecule has 0 radical (unpaired) electrons. The number of ether oxygens (including phenoxy) is 3. The molecule has 2 heterocycles. The molecule has 0 saturated carbocycles. The zero-order valence-corrected chi connectivity index (χ0v) is 29.4. The van der Waals surface area contributed by atoms with Crippen LogP contribution in [0.15, 0.2) is 30.3 Å². The third-order valence-electron chi connectivity index (χ3n) is 7.69. The van der Waals surface area contributed by atoms with Crippen LogP contribution in [0.4, 0.5) is 0 Å². The summed E-state index contributed by atoms with van der Waals surface area (Å²) in [5.41, 5.74) is 0.425. The minimum absolute atomic E-state index is 0.111. The number of benzene rings is 1. The highest BCUT2D eigenvalue weighted by Crippen LogP contribution is 2.48. The van der Waals surface area contributed by atoms with Gasteiger partial charge in [0.05, 0.1) is 23.4 Å². The molecule has 2 aliphatic rings. The van der Waals surface area contributed by atoms with Crippen LogP contribution in [0.5, 0.6) is 0 Å². The van der Waals surface area contributed by atoms with E-state index in [0.29, 0.717) is 48.7 Å². The van der Waals surface area contributed by atoms with Gasteiger partial charge in [-0.15, -0.1) is 23.5 Å². The zero-order chi connectivity index (χ0) is 30.3. The van der Waals surface area contributed by atoms with Crippen LogP contribution in [0, 0.1) is 0 Å². The van der Waals surface area contributed by atoms with Gasteiger partial charge in [-0.3, -0.25) is 9.59 Å². The van der Waals surface area contributed by atoms with Crippen molar-refractivity contribution in [3.63, 3.8) is 0 Å². The van der Waals surface area contributed by atoms with Gasteiger partial charge in [0.1, 0.15) is 5.60 Å². The molecule has 3 unspecified atom stereocenters. The van der Waals surface area contributed by atoms with Crippen LogP contribution in [0.1, 0.15) is 115 Å². The van der Waals surface area contributed by atoms with E-state index in [0.717, 1.165) is 37.4 Å². The van der Waals surface area contributed by atoms with Gasteiger partial charge >= 0.3 is 11.9 Å². The molecule has 0 bridgehead atoms. The van der Waals surface area contributed by atoms with Crippen molar-refractivity contribution in [2.24, 2.45) is 0 Å². The lowest BCUT2D eigenvalue weighted by Crippen LogP contribution is -2.33. The van der Waals surface area contributed by atoms with Gasteiger partial charge in [-0.2, -0.15) is 0 Å². The molecule has 2 aliphatic heterocycles. The summed E-state index contributed by atoms with van der Waals surface area (Å²) in [6.07, 6.45) is 11.0. The Morgan fingerprint density at radius 1 is 0.810 bits per heavy atom. The number of hydrogen-bond acceptors (Lipinski definition) is 9. The number of hydrogen-bond donors (Lipinski definition) is 0. The molecule has 0 spiro atoms. The Bertz CT molecular complexity index is 920. The molecule has 9 heteroatoms. The lowest BCUT2D eigenvalue weighted by molar-refractivity contribution is -0.159. The first-order valence-corrected chi connectivity index (χ1v) is 20.1. The minimum atomic E-state index is -0.575. The lowest BCUT2D eigenvalue weighted by Gasteiger charge is -2.30. The monoisotopic (exact) mass is 656 g/mol. The van der Waals surface area contributed by atoms with E-state index in [9.17, 15) is 9.59 Å². The predicted molar refractivity (Wildman–Crippen MR) is 183 cm³/mol. The lowest BCUT2D eigenvalue weighted by atomic mass is 10.0. The number of thioether (sulfide) groups is 2. The highest BCUT2D eigenvalue weighted by molar-refractivity contribution is 8.77. The number of carbonyl (C=O) groups excluding carboxylic acids is 2. The predicted octanol–water partition coefficient (Wildman–Crippen LogP) is 9.64. The maximum atomic E-state index is 12.6. The fourth-order valence-corrected chi connectivity index (χ4v) is 11.4. The minimum Gasteiger partial charge on any atom is -0.466 e. The topological polar surface area (TPSA) is 61.8 Å². The maximum absolute atomic E-state index is 12.6. The largest absolute Gasteiger partial charge is 0.466 e. The highest BCUT2D eigenvalue weighted by Gasteiger charge is 2.27. The van der Waals surface area contributed by atoms with Crippen molar-refractivity contribution in [2.75, 3.05) is 24.7 Å². The van der Waals surface area contributed by atoms with E-state index < -0.39 is 11.2 Å². The average Bonchev–Trinajstić information content (AvgIpc) is 3.47. The smallest absolute Gasteiger partial charge is 0.306 e. The second kappa shape index (κ2) is 19.1. The Kier molecular flexibility index (Phi) is 16.4. The van der Waals surface area contributed by atoms with Crippen LogP contribution >= 0.6 is 45.1 Å². The summed E-state index contributed by atoms with van der Waals surface area (Å²) in [6, 6.07) is 10.8. The Morgan fingerprint density at radius 3 is 2.19 bits per heavy atom. The number of rotatable bonds is 19. The van der Waals surface area contributed by atoms with Crippen molar-refractivity contribution in [3.8, 4) is 0 Å².